The molecule has 0 bridgehead atoms. The molecule has 0 spiro atoms. The van der Waals surface area contributed by atoms with E-state index in [1.165, 1.54) is 12.8 Å². The van der Waals surface area contributed by atoms with Crippen molar-refractivity contribution in [2.45, 2.75) is 31.7 Å². The molecule has 11 heteroatoms. The minimum Gasteiger partial charge on any atom is -0.494 e. The van der Waals surface area contributed by atoms with Gasteiger partial charge in [0.05, 0.1) is 37.6 Å². The predicted molar refractivity (Wildman–Crippen MR) is 168 cm³/mol. The van der Waals surface area contributed by atoms with E-state index in [2.05, 4.69) is 42.4 Å². The zero-order chi connectivity index (χ0) is 28.7. The fraction of sp³-hybridized carbons (Fsp3) is 0.581. The van der Waals surface area contributed by atoms with Crippen LogP contribution in [0.1, 0.15) is 37.4 Å². The molecular weight excluding hydrogens is 550 g/mol. The molecule has 2 aromatic heterocycles. The number of hydrogen-bond donors (Lipinski definition) is 1. The molecule has 1 atom stereocenters. The third-order valence-corrected chi connectivity index (χ3v) is 9.60. The second kappa shape index (κ2) is 14.0. The molecule has 3 fully saturated rings. The van der Waals surface area contributed by atoms with E-state index in [0.717, 1.165) is 112 Å². The van der Waals surface area contributed by atoms with Gasteiger partial charge in [0, 0.05) is 75.7 Å². The second-order valence-electron chi connectivity index (χ2n) is 11.3. The van der Waals surface area contributed by atoms with E-state index < -0.39 is 0 Å². The number of pyridine rings is 1. The molecule has 1 amide bonds. The summed E-state index contributed by atoms with van der Waals surface area (Å²) < 4.78 is 11.4. The SMILES string of the molecule is COc1ccc2cccnc2c1N1CCCN([C@H](CC(=O)NCCN2CCCC2)c2csc(N3CCOCC3)n2)CC1. The van der Waals surface area contributed by atoms with Gasteiger partial charge in [0.1, 0.15) is 11.4 Å². The number of amides is 1. The number of thiazole rings is 1. The highest BCUT2D eigenvalue weighted by atomic mass is 32.1. The summed E-state index contributed by atoms with van der Waals surface area (Å²) in [6, 6.07) is 8.11. The molecule has 3 aliphatic heterocycles. The lowest BCUT2D eigenvalue weighted by molar-refractivity contribution is -0.122. The van der Waals surface area contributed by atoms with Gasteiger partial charge in [-0.05, 0) is 50.6 Å². The summed E-state index contributed by atoms with van der Waals surface area (Å²) in [7, 11) is 1.73. The molecule has 10 nitrogen and oxygen atoms in total. The number of likely N-dealkylation sites (tertiary alicyclic amines) is 1. The van der Waals surface area contributed by atoms with E-state index >= 15 is 0 Å². The van der Waals surface area contributed by atoms with Crippen LogP contribution in [0.3, 0.4) is 0 Å². The predicted octanol–water partition coefficient (Wildman–Crippen LogP) is 3.39. The summed E-state index contributed by atoms with van der Waals surface area (Å²) >= 11 is 1.68. The Bertz CT molecular complexity index is 1320. The highest BCUT2D eigenvalue weighted by Gasteiger charge is 2.30. The number of anilines is 2. The molecule has 42 heavy (non-hydrogen) atoms. The quantitative estimate of drug-likeness (QED) is 0.380. The van der Waals surface area contributed by atoms with E-state index in [4.69, 9.17) is 19.4 Å². The maximum atomic E-state index is 13.3. The van der Waals surface area contributed by atoms with Gasteiger partial charge in [0.25, 0.3) is 0 Å². The van der Waals surface area contributed by atoms with Gasteiger partial charge in [-0.3, -0.25) is 14.7 Å². The van der Waals surface area contributed by atoms with Gasteiger partial charge in [-0.2, -0.15) is 0 Å². The Labute approximate surface area is 252 Å². The third kappa shape index (κ3) is 6.80. The molecule has 3 aliphatic rings. The van der Waals surface area contributed by atoms with Crippen molar-refractivity contribution >= 4 is 39.0 Å². The molecule has 3 aromatic rings. The number of rotatable bonds is 10. The lowest BCUT2D eigenvalue weighted by Crippen LogP contribution is -2.39. The van der Waals surface area contributed by atoms with Crippen LogP contribution in [0.2, 0.25) is 0 Å². The number of nitrogens with zero attached hydrogens (tertiary/aromatic N) is 6. The second-order valence-corrected chi connectivity index (χ2v) is 12.2. The largest absolute Gasteiger partial charge is 0.494 e. The number of carbonyl (C=O) groups excluding carboxylic acids is 1. The molecule has 0 radical (unpaired) electrons. The number of ether oxygens (including phenoxy) is 2. The number of methoxy groups -OCH3 is 1. The smallest absolute Gasteiger partial charge is 0.222 e. The average Bonchev–Trinajstić information content (AvgIpc) is 3.68. The van der Waals surface area contributed by atoms with Gasteiger partial charge < -0.3 is 29.5 Å². The lowest BCUT2D eigenvalue weighted by Gasteiger charge is -2.30. The van der Waals surface area contributed by atoms with Crippen LogP contribution in [0.25, 0.3) is 10.9 Å². The molecule has 0 aliphatic carbocycles. The summed E-state index contributed by atoms with van der Waals surface area (Å²) in [6.07, 6.45) is 5.75. The minimum absolute atomic E-state index is 0.0738. The van der Waals surface area contributed by atoms with Gasteiger partial charge in [-0.1, -0.05) is 6.07 Å². The number of aromatic nitrogens is 2. The van der Waals surface area contributed by atoms with E-state index in [0.29, 0.717) is 13.0 Å². The summed E-state index contributed by atoms with van der Waals surface area (Å²) in [5.41, 5.74) is 3.01. The van der Waals surface area contributed by atoms with Crippen molar-refractivity contribution in [3.05, 3.63) is 41.5 Å². The molecule has 6 rings (SSSR count). The van der Waals surface area contributed by atoms with Crippen molar-refractivity contribution in [2.75, 3.05) is 95.6 Å². The molecule has 226 valence electrons. The van der Waals surface area contributed by atoms with E-state index in [-0.39, 0.29) is 11.9 Å². The van der Waals surface area contributed by atoms with Gasteiger partial charge in [0.2, 0.25) is 5.91 Å². The average molecular weight is 594 g/mol. The van der Waals surface area contributed by atoms with Crippen molar-refractivity contribution in [3.63, 3.8) is 0 Å². The molecule has 5 heterocycles. The molecule has 0 saturated carbocycles. The van der Waals surface area contributed by atoms with Gasteiger partial charge >= 0.3 is 0 Å². The van der Waals surface area contributed by atoms with E-state index in [1.807, 2.05) is 18.3 Å². The number of benzene rings is 1. The summed E-state index contributed by atoms with van der Waals surface area (Å²) in [5.74, 6) is 0.944. The Kier molecular flexibility index (Phi) is 9.69. The number of nitrogens with one attached hydrogen (secondary N) is 1. The summed E-state index contributed by atoms with van der Waals surface area (Å²) in [5, 5.41) is 7.50. The maximum Gasteiger partial charge on any atom is 0.222 e. The highest BCUT2D eigenvalue weighted by molar-refractivity contribution is 7.13. The Balaban J connectivity index is 1.19. The van der Waals surface area contributed by atoms with Crippen LogP contribution >= 0.6 is 11.3 Å². The van der Waals surface area contributed by atoms with E-state index in [9.17, 15) is 4.79 Å². The Hall–Kier alpha value is -2.99. The summed E-state index contributed by atoms with van der Waals surface area (Å²) in [6.45, 7) is 10.5. The van der Waals surface area contributed by atoms with Crippen molar-refractivity contribution in [3.8, 4) is 5.75 Å². The monoisotopic (exact) mass is 593 g/mol. The number of morpholine rings is 1. The van der Waals surface area contributed by atoms with Crippen LogP contribution in [0.4, 0.5) is 10.8 Å². The fourth-order valence-electron chi connectivity index (χ4n) is 6.41. The first kappa shape index (κ1) is 29.1. The van der Waals surface area contributed by atoms with Gasteiger partial charge in [0.15, 0.2) is 5.13 Å². The number of fused-ring (bicyclic) bond motifs is 1. The van der Waals surface area contributed by atoms with Crippen LogP contribution in [0, 0.1) is 0 Å². The number of carbonyl (C=O) groups is 1. The zero-order valence-electron chi connectivity index (χ0n) is 24.7. The minimum atomic E-state index is -0.0738. The topological polar surface area (TPSA) is 86.3 Å². The highest BCUT2D eigenvalue weighted by Crippen LogP contribution is 2.37. The summed E-state index contributed by atoms with van der Waals surface area (Å²) in [4.78, 5) is 32.7. The van der Waals surface area contributed by atoms with E-state index in [1.54, 1.807) is 18.4 Å². The zero-order valence-corrected chi connectivity index (χ0v) is 25.5. The van der Waals surface area contributed by atoms with Crippen LogP contribution in [-0.4, -0.2) is 111 Å². The first-order chi connectivity index (χ1) is 20.7. The standard InChI is InChI=1S/C31H43N7O3S/c1-40-27-8-7-24-6-4-9-33-29(24)30(27)37-14-5-13-36(16-17-37)26(22-28(39)32-10-15-35-11-2-3-12-35)25-23-42-31(34-25)38-18-20-41-21-19-38/h4,6-9,23,26H,2-3,5,10-22H2,1H3,(H,32,39)/t26-/m1/s1. The normalized spacial score (nSPS) is 19.6. The molecule has 1 aromatic carbocycles. The molecular formula is C31H43N7O3S. The van der Waals surface area contributed by atoms with Crippen LogP contribution in [-0.2, 0) is 9.53 Å². The van der Waals surface area contributed by atoms with Gasteiger partial charge in [-0.15, -0.1) is 11.3 Å². The van der Waals surface area contributed by atoms with Crippen LogP contribution in [0.15, 0.2) is 35.8 Å². The van der Waals surface area contributed by atoms with Gasteiger partial charge in [-0.25, -0.2) is 4.98 Å². The number of hydrogen-bond acceptors (Lipinski definition) is 10. The third-order valence-electron chi connectivity index (χ3n) is 8.68. The molecule has 0 unspecified atom stereocenters. The Morgan fingerprint density at radius 1 is 1.02 bits per heavy atom. The maximum absolute atomic E-state index is 13.3. The fourth-order valence-corrected chi connectivity index (χ4v) is 7.34. The van der Waals surface area contributed by atoms with Crippen LogP contribution in [0.5, 0.6) is 5.75 Å². The Morgan fingerprint density at radius 3 is 2.71 bits per heavy atom. The lowest BCUT2D eigenvalue weighted by atomic mass is 10.1. The first-order valence-electron chi connectivity index (χ1n) is 15.4. The van der Waals surface area contributed by atoms with Crippen molar-refractivity contribution in [2.24, 2.45) is 0 Å². The van der Waals surface area contributed by atoms with Crippen molar-refractivity contribution in [1.82, 2.24) is 25.1 Å². The Morgan fingerprint density at radius 2 is 1.88 bits per heavy atom. The van der Waals surface area contributed by atoms with Crippen molar-refractivity contribution in [1.29, 1.82) is 0 Å². The van der Waals surface area contributed by atoms with Crippen LogP contribution < -0.4 is 19.9 Å². The van der Waals surface area contributed by atoms with Crippen molar-refractivity contribution < 1.29 is 14.3 Å². The first-order valence-corrected chi connectivity index (χ1v) is 16.3. The molecule has 3 saturated heterocycles. The molecule has 1 N–H and O–H groups in total.